The first-order valence-electron chi connectivity index (χ1n) is 12.1. The predicted octanol–water partition coefficient (Wildman–Crippen LogP) is 3.20. The number of fused-ring (bicyclic) bond motifs is 1. The third-order valence-electron chi connectivity index (χ3n) is 6.37. The summed E-state index contributed by atoms with van der Waals surface area (Å²) in [4.78, 5) is 29.0. The standard InChI is InChI=1S/C25H35N5O4/c1-17(2)34-25(32)27-23-13-18(3)30(19(4)31)24-6-5-20(14-22(23)24)21-15-26-29(16-21)8-7-28-9-11-33-12-10-28/h5-6,14-18,23H,7-13H2,1-4H3,(H,27,32). The van der Waals surface area contributed by atoms with Crippen molar-refractivity contribution in [3.8, 4) is 11.1 Å². The SMILES string of the molecule is CC(=O)N1c2ccc(-c3cnn(CCN4CCOCC4)c3)cc2C(NC(=O)OC(C)C)CC1C. The maximum Gasteiger partial charge on any atom is 0.407 e. The zero-order valence-corrected chi connectivity index (χ0v) is 20.5. The molecular formula is C25H35N5O4. The van der Waals surface area contributed by atoms with Crippen molar-refractivity contribution in [2.45, 2.75) is 58.8 Å². The zero-order valence-electron chi connectivity index (χ0n) is 20.5. The molecule has 2 unspecified atom stereocenters. The van der Waals surface area contributed by atoms with Crippen LogP contribution in [-0.2, 0) is 20.8 Å². The molecule has 2 aliphatic heterocycles. The van der Waals surface area contributed by atoms with Crippen molar-refractivity contribution in [3.05, 3.63) is 36.2 Å². The number of carbonyl (C=O) groups is 2. The average Bonchev–Trinajstić information content (AvgIpc) is 3.26. The van der Waals surface area contributed by atoms with Gasteiger partial charge in [-0.2, -0.15) is 5.10 Å². The molecule has 0 saturated carbocycles. The minimum Gasteiger partial charge on any atom is -0.447 e. The molecule has 2 aliphatic rings. The first-order valence-corrected chi connectivity index (χ1v) is 12.1. The lowest BCUT2D eigenvalue weighted by molar-refractivity contribution is -0.117. The number of ether oxygens (including phenoxy) is 2. The van der Waals surface area contributed by atoms with Gasteiger partial charge in [-0.1, -0.05) is 6.07 Å². The van der Waals surface area contributed by atoms with E-state index in [-0.39, 0.29) is 24.1 Å². The maximum absolute atomic E-state index is 12.4. The number of nitrogens with one attached hydrogen (secondary N) is 1. The number of carbonyl (C=O) groups excluding carboxylic acids is 2. The Balaban J connectivity index is 1.56. The topological polar surface area (TPSA) is 88.9 Å². The van der Waals surface area contributed by atoms with Gasteiger partial charge in [-0.05, 0) is 50.5 Å². The molecule has 1 fully saturated rings. The van der Waals surface area contributed by atoms with E-state index in [9.17, 15) is 9.59 Å². The van der Waals surface area contributed by atoms with Crippen molar-refractivity contribution in [3.63, 3.8) is 0 Å². The molecule has 0 spiro atoms. The van der Waals surface area contributed by atoms with Gasteiger partial charge in [-0.3, -0.25) is 14.4 Å². The van der Waals surface area contributed by atoms with Gasteiger partial charge in [0.1, 0.15) is 0 Å². The molecule has 1 saturated heterocycles. The normalized spacial score (nSPS) is 20.8. The van der Waals surface area contributed by atoms with Crippen LogP contribution < -0.4 is 10.2 Å². The summed E-state index contributed by atoms with van der Waals surface area (Å²) in [5, 5.41) is 7.55. The fourth-order valence-electron chi connectivity index (χ4n) is 4.75. The van der Waals surface area contributed by atoms with E-state index in [1.807, 2.05) is 50.0 Å². The van der Waals surface area contributed by atoms with Gasteiger partial charge < -0.3 is 19.7 Å². The van der Waals surface area contributed by atoms with Crippen LogP contribution in [-0.4, -0.2) is 71.7 Å². The molecule has 184 valence electrons. The summed E-state index contributed by atoms with van der Waals surface area (Å²) in [6.07, 6.45) is 3.87. The molecule has 0 radical (unpaired) electrons. The predicted molar refractivity (Wildman–Crippen MR) is 130 cm³/mol. The highest BCUT2D eigenvalue weighted by atomic mass is 16.6. The second kappa shape index (κ2) is 10.6. The summed E-state index contributed by atoms with van der Waals surface area (Å²) >= 11 is 0. The number of aromatic nitrogens is 2. The number of morpholine rings is 1. The third-order valence-corrected chi connectivity index (χ3v) is 6.37. The van der Waals surface area contributed by atoms with Crippen LogP contribution >= 0.6 is 0 Å². The molecule has 3 heterocycles. The van der Waals surface area contributed by atoms with Crippen LogP contribution in [0.15, 0.2) is 30.6 Å². The highest BCUT2D eigenvalue weighted by Crippen LogP contribution is 2.39. The number of alkyl carbamates (subject to hydrolysis) is 1. The van der Waals surface area contributed by atoms with Crippen LogP contribution in [0.1, 0.15) is 45.7 Å². The Hall–Kier alpha value is -2.91. The molecule has 1 aromatic heterocycles. The molecule has 2 aromatic rings. The highest BCUT2D eigenvalue weighted by Gasteiger charge is 2.34. The summed E-state index contributed by atoms with van der Waals surface area (Å²) in [7, 11) is 0. The second-order valence-electron chi connectivity index (χ2n) is 9.34. The fourth-order valence-corrected chi connectivity index (χ4v) is 4.75. The van der Waals surface area contributed by atoms with Crippen molar-refractivity contribution in [1.82, 2.24) is 20.0 Å². The smallest absolute Gasteiger partial charge is 0.407 e. The van der Waals surface area contributed by atoms with Crippen molar-refractivity contribution >= 4 is 17.7 Å². The molecule has 1 N–H and O–H groups in total. The number of nitrogens with zero attached hydrogens (tertiary/aromatic N) is 4. The van der Waals surface area contributed by atoms with Gasteiger partial charge in [0.05, 0.1) is 38.1 Å². The molecule has 9 heteroatoms. The number of hydrogen-bond donors (Lipinski definition) is 1. The Morgan fingerprint density at radius 2 is 1.97 bits per heavy atom. The minimum atomic E-state index is -0.448. The molecule has 1 aromatic carbocycles. The monoisotopic (exact) mass is 469 g/mol. The summed E-state index contributed by atoms with van der Waals surface area (Å²) in [5.41, 5.74) is 3.73. The summed E-state index contributed by atoms with van der Waals surface area (Å²) < 4.78 is 12.7. The van der Waals surface area contributed by atoms with Gasteiger partial charge in [-0.25, -0.2) is 4.79 Å². The minimum absolute atomic E-state index is 0.0133. The maximum atomic E-state index is 12.4. The van der Waals surface area contributed by atoms with Crippen LogP contribution in [0, 0.1) is 0 Å². The number of benzene rings is 1. The van der Waals surface area contributed by atoms with E-state index in [4.69, 9.17) is 9.47 Å². The Kier molecular flexibility index (Phi) is 7.53. The first-order chi connectivity index (χ1) is 16.3. The molecule has 2 amide bonds. The Labute approximate surface area is 201 Å². The molecule has 2 atom stereocenters. The van der Waals surface area contributed by atoms with E-state index in [2.05, 4.69) is 21.4 Å². The van der Waals surface area contributed by atoms with Crippen LogP contribution in [0.4, 0.5) is 10.5 Å². The number of anilines is 1. The van der Waals surface area contributed by atoms with E-state index in [1.165, 1.54) is 0 Å². The number of amides is 2. The molecule has 0 aliphatic carbocycles. The van der Waals surface area contributed by atoms with Gasteiger partial charge in [0.15, 0.2) is 0 Å². The van der Waals surface area contributed by atoms with Crippen LogP contribution in [0.3, 0.4) is 0 Å². The van der Waals surface area contributed by atoms with Crippen molar-refractivity contribution < 1.29 is 19.1 Å². The lowest BCUT2D eigenvalue weighted by atomic mass is 9.89. The second-order valence-corrected chi connectivity index (χ2v) is 9.34. The van der Waals surface area contributed by atoms with E-state index >= 15 is 0 Å². The molecule has 9 nitrogen and oxygen atoms in total. The summed E-state index contributed by atoms with van der Waals surface area (Å²) in [6, 6.07) is 5.75. The molecule has 34 heavy (non-hydrogen) atoms. The van der Waals surface area contributed by atoms with Gasteiger partial charge >= 0.3 is 6.09 Å². The van der Waals surface area contributed by atoms with Crippen molar-refractivity contribution in [2.24, 2.45) is 0 Å². The van der Waals surface area contributed by atoms with Gasteiger partial charge in [0.2, 0.25) is 5.91 Å². The third kappa shape index (κ3) is 5.59. The Bertz CT molecular complexity index is 1010. The van der Waals surface area contributed by atoms with Gasteiger partial charge in [0, 0.05) is 50.0 Å². The quantitative estimate of drug-likeness (QED) is 0.699. The van der Waals surface area contributed by atoms with Crippen LogP contribution in [0.25, 0.3) is 11.1 Å². The number of rotatable bonds is 6. The summed E-state index contributed by atoms with van der Waals surface area (Å²) in [5.74, 6) is -0.0133. The van der Waals surface area contributed by atoms with E-state index in [0.29, 0.717) is 6.42 Å². The van der Waals surface area contributed by atoms with Crippen molar-refractivity contribution in [2.75, 3.05) is 37.7 Å². The molecule has 0 bridgehead atoms. The lowest BCUT2D eigenvalue weighted by Gasteiger charge is -2.39. The molecule has 4 rings (SSSR count). The van der Waals surface area contributed by atoms with E-state index in [1.54, 1.807) is 11.8 Å². The van der Waals surface area contributed by atoms with Gasteiger partial charge in [0.25, 0.3) is 0 Å². The number of hydrogen-bond acceptors (Lipinski definition) is 6. The Morgan fingerprint density at radius 1 is 1.21 bits per heavy atom. The first kappa shape index (κ1) is 24.2. The van der Waals surface area contributed by atoms with E-state index < -0.39 is 6.09 Å². The van der Waals surface area contributed by atoms with Crippen molar-refractivity contribution in [1.29, 1.82) is 0 Å². The largest absolute Gasteiger partial charge is 0.447 e. The lowest BCUT2D eigenvalue weighted by Crippen LogP contribution is -2.45. The van der Waals surface area contributed by atoms with Crippen LogP contribution in [0.5, 0.6) is 0 Å². The Morgan fingerprint density at radius 3 is 2.68 bits per heavy atom. The van der Waals surface area contributed by atoms with Gasteiger partial charge in [-0.15, -0.1) is 0 Å². The summed E-state index contributed by atoms with van der Waals surface area (Å²) in [6.45, 7) is 12.5. The zero-order chi connectivity index (χ0) is 24.2. The fraction of sp³-hybridized carbons (Fsp3) is 0.560. The molecular weight excluding hydrogens is 434 g/mol. The van der Waals surface area contributed by atoms with E-state index in [0.717, 1.165) is 61.8 Å². The average molecular weight is 470 g/mol. The highest BCUT2D eigenvalue weighted by molar-refractivity contribution is 5.94. The van der Waals surface area contributed by atoms with Crippen LogP contribution in [0.2, 0.25) is 0 Å².